The molecule has 0 radical (unpaired) electrons. The molecular weight excluding hydrogens is 242 g/mol. The largest absolute Gasteiger partial charge is 0.390 e. The van der Waals surface area contributed by atoms with Gasteiger partial charge in [-0.05, 0) is 48.8 Å². The normalized spacial score (nSPS) is 14.8. The lowest BCUT2D eigenvalue weighted by atomic mass is 9.93. The van der Waals surface area contributed by atoms with Crippen molar-refractivity contribution in [1.82, 2.24) is 5.32 Å². The van der Waals surface area contributed by atoms with Crippen LogP contribution in [0.15, 0.2) is 29.6 Å². The summed E-state index contributed by atoms with van der Waals surface area (Å²) in [5.41, 5.74) is 0.628. The standard InChI is InChI=1S/C15H21NOS/c1-3-16-9-8-15(2,17)10-12-11-18-14-7-5-4-6-13(12)14/h4-7,11,16-17H,3,8-10H2,1-2H3. The number of nitrogens with one attached hydrogen (secondary N) is 1. The van der Waals surface area contributed by atoms with Crippen molar-refractivity contribution in [2.24, 2.45) is 0 Å². The van der Waals surface area contributed by atoms with Gasteiger partial charge in [-0.15, -0.1) is 11.3 Å². The molecule has 2 nitrogen and oxygen atoms in total. The maximum atomic E-state index is 10.4. The molecule has 1 atom stereocenters. The van der Waals surface area contributed by atoms with Crippen LogP contribution in [0.3, 0.4) is 0 Å². The quantitative estimate of drug-likeness (QED) is 0.785. The van der Waals surface area contributed by atoms with Gasteiger partial charge < -0.3 is 10.4 Å². The molecule has 98 valence electrons. The van der Waals surface area contributed by atoms with Crippen LogP contribution in [0.2, 0.25) is 0 Å². The maximum absolute atomic E-state index is 10.4. The Morgan fingerprint density at radius 3 is 2.89 bits per heavy atom. The summed E-state index contributed by atoms with van der Waals surface area (Å²) in [6, 6.07) is 8.40. The topological polar surface area (TPSA) is 32.3 Å². The van der Waals surface area contributed by atoms with Crippen molar-refractivity contribution in [3.05, 3.63) is 35.2 Å². The molecule has 2 N–H and O–H groups in total. The number of thiophene rings is 1. The van der Waals surface area contributed by atoms with E-state index in [1.165, 1.54) is 15.6 Å². The highest BCUT2D eigenvalue weighted by molar-refractivity contribution is 7.17. The lowest BCUT2D eigenvalue weighted by molar-refractivity contribution is 0.0521. The van der Waals surface area contributed by atoms with E-state index in [1.54, 1.807) is 11.3 Å². The number of fused-ring (bicyclic) bond motifs is 1. The Bertz CT molecular complexity index is 504. The van der Waals surface area contributed by atoms with Crippen LogP contribution in [0.25, 0.3) is 10.1 Å². The highest BCUT2D eigenvalue weighted by atomic mass is 32.1. The van der Waals surface area contributed by atoms with Crippen LogP contribution in [-0.4, -0.2) is 23.8 Å². The van der Waals surface area contributed by atoms with E-state index in [1.807, 2.05) is 6.92 Å². The van der Waals surface area contributed by atoms with E-state index in [9.17, 15) is 5.11 Å². The molecule has 0 spiro atoms. The first-order chi connectivity index (χ1) is 8.62. The van der Waals surface area contributed by atoms with Gasteiger partial charge in [0.05, 0.1) is 5.60 Å². The molecule has 1 heterocycles. The Hall–Kier alpha value is -0.900. The average molecular weight is 263 g/mol. The summed E-state index contributed by atoms with van der Waals surface area (Å²) in [4.78, 5) is 0. The molecule has 18 heavy (non-hydrogen) atoms. The summed E-state index contributed by atoms with van der Waals surface area (Å²) < 4.78 is 1.30. The summed E-state index contributed by atoms with van der Waals surface area (Å²) >= 11 is 1.76. The molecule has 0 fully saturated rings. The summed E-state index contributed by atoms with van der Waals surface area (Å²) in [5, 5.41) is 17.2. The molecule has 0 aliphatic heterocycles. The molecule has 0 saturated carbocycles. The minimum Gasteiger partial charge on any atom is -0.390 e. The van der Waals surface area contributed by atoms with E-state index in [0.29, 0.717) is 0 Å². The highest BCUT2D eigenvalue weighted by Crippen LogP contribution is 2.29. The SMILES string of the molecule is CCNCCC(C)(O)Cc1csc2ccccc12. The number of rotatable bonds is 6. The van der Waals surface area contributed by atoms with Crippen LogP contribution < -0.4 is 5.32 Å². The van der Waals surface area contributed by atoms with Gasteiger partial charge in [0, 0.05) is 11.1 Å². The van der Waals surface area contributed by atoms with Gasteiger partial charge in [0.25, 0.3) is 0 Å². The minimum atomic E-state index is -0.633. The Labute approximate surface area is 113 Å². The second-order valence-electron chi connectivity index (χ2n) is 5.03. The molecule has 0 bridgehead atoms. The zero-order valence-corrected chi connectivity index (χ0v) is 11.9. The fraction of sp³-hybridized carbons (Fsp3) is 0.467. The van der Waals surface area contributed by atoms with E-state index in [0.717, 1.165) is 25.9 Å². The summed E-state index contributed by atoms with van der Waals surface area (Å²) in [6.45, 7) is 5.83. The van der Waals surface area contributed by atoms with Gasteiger partial charge in [-0.25, -0.2) is 0 Å². The molecule has 0 amide bonds. The van der Waals surface area contributed by atoms with E-state index in [2.05, 4.69) is 41.9 Å². The van der Waals surface area contributed by atoms with E-state index >= 15 is 0 Å². The Balaban J connectivity index is 2.08. The smallest absolute Gasteiger partial charge is 0.0672 e. The Morgan fingerprint density at radius 2 is 2.11 bits per heavy atom. The van der Waals surface area contributed by atoms with Gasteiger partial charge in [-0.1, -0.05) is 25.1 Å². The minimum absolute atomic E-state index is 0.633. The predicted molar refractivity (Wildman–Crippen MR) is 79.3 cm³/mol. The fourth-order valence-electron chi connectivity index (χ4n) is 2.20. The van der Waals surface area contributed by atoms with E-state index in [4.69, 9.17) is 0 Å². The van der Waals surface area contributed by atoms with Crippen LogP contribution in [0.4, 0.5) is 0 Å². The number of benzene rings is 1. The number of aliphatic hydroxyl groups is 1. The molecule has 2 aromatic rings. The first-order valence-corrected chi connectivity index (χ1v) is 7.38. The third kappa shape index (κ3) is 3.31. The van der Waals surface area contributed by atoms with Crippen molar-refractivity contribution >= 4 is 21.4 Å². The van der Waals surface area contributed by atoms with Crippen LogP contribution in [0, 0.1) is 0 Å². The Kier molecular flexibility index (Phi) is 4.38. The van der Waals surface area contributed by atoms with Crippen molar-refractivity contribution in [2.75, 3.05) is 13.1 Å². The molecule has 3 heteroatoms. The molecule has 1 aromatic heterocycles. The van der Waals surface area contributed by atoms with Gasteiger partial charge in [-0.2, -0.15) is 0 Å². The van der Waals surface area contributed by atoms with Crippen molar-refractivity contribution in [3.63, 3.8) is 0 Å². The first-order valence-electron chi connectivity index (χ1n) is 6.50. The third-order valence-electron chi connectivity index (χ3n) is 3.22. The van der Waals surface area contributed by atoms with Gasteiger partial charge in [-0.3, -0.25) is 0 Å². The monoisotopic (exact) mass is 263 g/mol. The zero-order valence-electron chi connectivity index (χ0n) is 11.1. The van der Waals surface area contributed by atoms with Gasteiger partial charge in [0.15, 0.2) is 0 Å². The van der Waals surface area contributed by atoms with Crippen molar-refractivity contribution in [2.45, 2.75) is 32.3 Å². The highest BCUT2D eigenvalue weighted by Gasteiger charge is 2.21. The maximum Gasteiger partial charge on any atom is 0.0672 e. The van der Waals surface area contributed by atoms with Gasteiger partial charge in [0.1, 0.15) is 0 Å². The fourth-order valence-corrected chi connectivity index (χ4v) is 3.17. The third-order valence-corrected chi connectivity index (χ3v) is 4.24. The zero-order chi connectivity index (χ0) is 13.0. The van der Waals surface area contributed by atoms with Crippen LogP contribution >= 0.6 is 11.3 Å². The van der Waals surface area contributed by atoms with E-state index in [-0.39, 0.29) is 0 Å². The van der Waals surface area contributed by atoms with Crippen molar-refractivity contribution in [1.29, 1.82) is 0 Å². The second-order valence-corrected chi connectivity index (χ2v) is 5.95. The second kappa shape index (κ2) is 5.83. The molecular formula is C15H21NOS. The molecule has 2 rings (SSSR count). The molecule has 0 saturated heterocycles. The Morgan fingerprint density at radius 1 is 1.33 bits per heavy atom. The molecule has 1 aromatic carbocycles. The van der Waals surface area contributed by atoms with E-state index < -0.39 is 5.60 Å². The van der Waals surface area contributed by atoms with Crippen molar-refractivity contribution in [3.8, 4) is 0 Å². The van der Waals surface area contributed by atoms with Crippen LogP contribution in [0.5, 0.6) is 0 Å². The summed E-state index contributed by atoms with van der Waals surface area (Å²) in [5.74, 6) is 0. The van der Waals surface area contributed by atoms with Crippen LogP contribution in [-0.2, 0) is 6.42 Å². The van der Waals surface area contributed by atoms with Gasteiger partial charge >= 0.3 is 0 Å². The molecule has 0 aliphatic carbocycles. The summed E-state index contributed by atoms with van der Waals surface area (Å²) in [7, 11) is 0. The lowest BCUT2D eigenvalue weighted by Gasteiger charge is -2.23. The van der Waals surface area contributed by atoms with Crippen molar-refractivity contribution < 1.29 is 5.11 Å². The lowest BCUT2D eigenvalue weighted by Crippen LogP contribution is -2.32. The number of hydrogen-bond acceptors (Lipinski definition) is 3. The molecule has 1 unspecified atom stereocenters. The van der Waals surface area contributed by atoms with Gasteiger partial charge in [0.2, 0.25) is 0 Å². The number of hydrogen-bond donors (Lipinski definition) is 2. The predicted octanol–water partition coefficient (Wildman–Crippen LogP) is 3.19. The molecule has 0 aliphatic rings. The summed E-state index contributed by atoms with van der Waals surface area (Å²) in [6.07, 6.45) is 1.51. The average Bonchev–Trinajstić information content (AvgIpc) is 2.72. The van der Waals surface area contributed by atoms with Crippen LogP contribution in [0.1, 0.15) is 25.8 Å². The first kappa shape index (κ1) is 13.5.